The zero-order chi connectivity index (χ0) is 30.6. The summed E-state index contributed by atoms with van der Waals surface area (Å²) >= 11 is 0. The summed E-state index contributed by atoms with van der Waals surface area (Å²) in [5.74, 6) is 1.24. The van der Waals surface area contributed by atoms with E-state index in [0.717, 1.165) is 67.1 Å². The van der Waals surface area contributed by atoms with E-state index in [0.29, 0.717) is 31.8 Å². The summed E-state index contributed by atoms with van der Waals surface area (Å²) in [4.78, 5) is 26.2. The Morgan fingerprint density at radius 1 is 0.762 bits per heavy atom. The molecule has 228 valence electrons. The van der Waals surface area contributed by atoms with Gasteiger partial charge in [0.1, 0.15) is 18.1 Å². The smallest absolute Gasteiger partial charge is 0.338 e. The molecule has 7 nitrogen and oxygen atoms in total. The van der Waals surface area contributed by atoms with Gasteiger partial charge in [-0.05, 0) is 86.7 Å². The molecule has 7 heteroatoms. The fraction of sp³-hybridized carbons (Fsp3) is 0.429. The SMILES string of the molecule is CC.CCOC(=O)CCCCN(CCc1ccccc1OCc1ccc(OC)cc1)Cc1ccc(C(=O)OCC)cc1. The molecule has 0 aliphatic rings. The zero-order valence-corrected chi connectivity index (χ0v) is 25.9. The highest BCUT2D eigenvalue weighted by atomic mass is 16.5. The number of nitrogens with zero attached hydrogens (tertiary/aromatic N) is 1. The minimum absolute atomic E-state index is 0.147. The highest BCUT2D eigenvalue weighted by Gasteiger charge is 2.12. The first-order chi connectivity index (χ1) is 20.5. The number of unbranched alkanes of at least 4 members (excludes halogenated alkanes) is 1. The van der Waals surface area contributed by atoms with Crippen LogP contribution in [0.1, 0.15) is 74.0 Å². The third-order valence-corrected chi connectivity index (χ3v) is 6.51. The van der Waals surface area contributed by atoms with E-state index in [-0.39, 0.29) is 11.9 Å². The maximum absolute atomic E-state index is 12.0. The molecule has 0 spiro atoms. The van der Waals surface area contributed by atoms with Crippen molar-refractivity contribution in [1.82, 2.24) is 4.90 Å². The predicted octanol–water partition coefficient (Wildman–Crippen LogP) is 7.26. The maximum Gasteiger partial charge on any atom is 0.338 e. The van der Waals surface area contributed by atoms with Gasteiger partial charge >= 0.3 is 11.9 Å². The number of carbonyl (C=O) groups is 2. The third-order valence-electron chi connectivity index (χ3n) is 6.51. The van der Waals surface area contributed by atoms with Gasteiger partial charge in [0.2, 0.25) is 0 Å². The highest BCUT2D eigenvalue weighted by molar-refractivity contribution is 5.89. The molecule has 0 radical (unpaired) electrons. The molecular weight excluding hydrogens is 530 g/mol. The maximum atomic E-state index is 12.0. The van der Waals surface area contributed by atoms with E-state index >= 15 is 0 Å². The highest BCUT2D eigenvalue weighted by Crippen LogP contribution is 2.22. The van der Waals surface area contributed by atoms with Crippen molar-refractivity contribution in [2.75, 3.05) is 33.4 Å². The van der Waals surface area contributed by atoms with E-state index in [9.17, 15) is 9.59 Å². The molecule has 0 bridgehead atoms. The Kier molecular flexibility index (Phi) is 16.4. The Bertz CT molecular complexity index is 1180. The first-order valence-corrected chi connectivity index (χ1v) is 15.0. The number of methoxy groups -OCH3 is 1. The van der Waals surface area contributed by atoms with Crippen LogP contribution in [0.4, 0.5) is 0 Å². The van der Waals surface area contributed by atoms with Gasteiger partial charge < -0.3 is 18.9 Å². The van der Waals surface area contributed by atoms with Crippen molar-refractivity contribution in [3.8, 4) is 11.5 Å². The second kappa shape index (κ2) is 20.1. The van der Waals surface area contributed by atoms with Crippen molar-refractivity contribution in [2.24, 2.45) is 0 Å². The van der Waals surface area contributed by atoms with Gasteiger partial charge in [-0.25, -0.2) is 4.79 Å². The minimum atomic E-state index is -0.309. The fourth-order valence-corrected chi connectivity index (χ4v) is 4.34. The van der Waals surface area contributed by atoms with Crippen molar-refractivity contribution < 1.29 is 28.5 Å². The van der Waals surface area contributed by atoms with Gasteiger partial charge in [-0.2, -0.15) is 0 Å². The molecule has 3 aromatic rings. The Balaban J connectivity index is 0.00000301. The molecule has 0 aromatic heterocycles. The minimum Gasteiger partial charge on any atom is -0.497 e. The molecule has 0 atom stereocenters. The molecular formula is C35H47NO6. The summed E-state index contributed by atoms with van der Waals surface area (Å²) in [6, 6.07) is 23.6. The number of para-hydroxylation sites is 1. The van der Waals surface area contributed by atoms with Crippen molar-refractivity contribution in [3.63, 3.8) is 0 Å². The first kappa shape index (κ1) is 34.4. The van der Waals surface area contributed by atoms with Crippen molar-refractivity contribution in [1.29, 1.82) is 0 Å². The molecule has 42 heavy (non-hydrogen) atoms. The zero-order valence-electron chi connectivity index (χ0n) is 25.9. The normalized spacial score (nSPS) is 10.4. The Hall–Kier alpha value is -3.84. The third kappa shape index (κ3) is 12.4. The van der Waals surface area contributed by atoms with Gasteiger partial charge in [0.15, 0.2) is 0 Å². The molecule has 0 saturated carbocycles. The quantitative estimate of drug-likeness (QED) is 0.124. The van der Waals surface area contributed by atoms with Crippen molar-refractivity contribution >= 4 is 11.9 Å². The number of ether oxygens (including phenoxy) is 4. The van der Waals surface area contributed by atoms with Crippen LogP contribution in [0.25, 0.3) is 0 Å². The Morgan fingerprint density at radius 2 is 1.43 bits per heavy atom. The van der Waals surface area contributed by atoms with Crippen molar-refractivity contribution in [3.05, 3.63) is 95.1 Å². The lowest BCUT2D eigenvalue weighted by Gasteiger charge is -2.23. The van der Waals surface area contributed by atoms with E-state index in [4.69, 9.17) is 18.9 Å². The van der Waals surface area contributed by atoms with Crippen LogP contribution in [-0.4, -0.2) is 50.3 Å². The number of esters is 2. The Morgan fingerprint density at radius 3 is 2.10 bits per heavy atom. The summed E-state index contributed by atoms with van der Waals surface area (Å²) in [5, 5.41) is 0. The molecule has 0 heterocycles. The lowest BCUT2D eigenvalue weighted by molar-refractivity contribution is -0.143. The fourth-order valence-electron chi connectivity index (χ4n) is 4.34. The van der Waals surface area contributed by atoms with Crippen LogP contribution in [0.2, 0.25) is 0 Å². The molecule has 0 unspecified atom stereocenters. The number of benzene rings is 3. The molecule has 3 rings (SSSR count). The van der Waals surface area contributed by atoms with E-state index in [1.807, 2.05) is 87.5 Å². The molecule has 0 aliphatic heterocycles. The summed E-state index contributed by atoms with van der Waals surface area (Å²) in [7, 11) is 1.66. The summed E-state index contributed by atoms with van der Waals surface area (Å²) < 4.78 is 21.6. The second-order valence-corrected chi connectivity index (χ2v) is 9.45. The summed E-state index contributed by atoms with van der Waals surface area (Å²) in [5.41, 5.74) is 3.88. The van der Waals surface area contributed by atoms with Crippen LogP contribution in [0.3, 0.4) is 0 Å². The van der Waals surface area contributed by atoms with Crippen LogP contribution in [-0.2, 0) is 33.8 Å². The monoisotopic (exact) mass is 577 g/mol. The number of carbonyl (C=O) groups excluding carboxylic acids is 2. The van der Waals surface area contributed by atoms with Crippen molar-refractivity contribution in [2.45, 2.75) is 66.5 Å². The summed E-state index contributed by atoms with van der Waals surface area (Å²) in [6.07, 6.45) is 2.91. The molecule has 0 aliphatic carbocycles. The molecule has 0 amide bonds. The van der Waals surface area contributed by atoms with Crippen LogP contribution in [0.5, 0.6) is 11.5 Å². The van der Waals surface area contributed by atoms with Crippen LogP contribution in [0, 0.1) is 0 Å². The lowest BCUT2D eigenvalue weighted by Crippen LogP contribution is -2.27. The van der Waals surface area contributed by atoms with Crippen LogP contribution < -0.4 is 9.47 Å². The number of rotatable bonds is 17. The van der Waals surface area contributed by atoms with Crippen LogP contribution in [0.15, 0.2) is 72.8 Å². The standard InChI is InChI=1S/C33H41NO6.C2H6/c1-4-38-32(35)12-8-9-22-34(24-26-13-17-29(18-14-26)33(36)39-5-2)23-21-28-10-6-7-11-31(28)40-25-27-15-19-30(37-3)20-16-27;1-2/h6-7,10-11,13-20H,4-5,8-9,12,21-25H2,1-3H3;1-2H3. The van der Waals surface area contributed by atoms with Gasteiger partial charge in [0, 0.05) is 19.5 Å². The van der Waals surface area contributed by atoms with Gasteiger partial charge in [-0.1, -0.05) is 56.3 Å². The first-order valence-electron chi connectivity index (χ1n) is 15.0. The molecule has 3 aromatic carbocycles. The lowest BCUT2D eigenvalue weighted by atomic mass is 10.1. The average Bonchev–Trinajstić information content (AvgIpc) is 3.03. The average molecular weight is 578 g/mol. The predicted molar refractivity (Wildman–Crippen MR) is 167 cm³/mol. The van der Waals surface area contributed by atoms with Gasteiger partial charge in [0.25, 0.3) is 0 Å². The Labute approximate surface area is 251 Å². The number of hydrogen-bond donors (Lipinski definition) is 0. The van der Waals surface area contributed by atoms with Gasteiger partial charge in [-0.3, -0.25) is 9.69 Å². The largest absolute Gasteiger partial charge is 0.497 e. The summed E-state index contributed by atoms with van der Waals surface area (Å²) in [6.45, 7) is 11.3. The molecule has 0 N–H and O–H groups in total. The second-order valence-electron chi connectivity index (χ2n) is 9.45. The van der Waals surface area contributed by atoms with Crippen LogP contribution >= 0.6 is 0 Å². The number of hydrogen-bond acceptors (Lipinski definition) is 7. The van der Waals surface area contributed by atoms with E-state index in [1.165, 1.54) is 0 Å². The van der Waals surface area contributed by atoms with Gasteiger partial charge in [0.05, 0.1) is 25.9 Å². The molecule has 0 saturated heterocycles. The van der Waals surface area contributed by atoms with E-state index < -0.39 is 0 Å². The molecule has 0 fully saturated rings. The van der Waals surface area contributed by atoms with Gasteiger partial charge in [-0.15, -0.1) is 0 Å². The van der Waals surface area contributed by atoms with E-state index in [2.05, 4.69) is 11.0 Å². The topological polar surface area (TPSA) is 74.3 Å². The van der Waals surface area contributed by atoms with E-state index in [1.54, 1.807) is 14.0 Å².